The molecule has 3 aromatic rings. The fourth-order valence-electron chi connectivity index (χ4n) is 1.99. The molecule has 3 aromatic heterocycles. The highest BCUT2D eigenvalue weighted by Gasteiger charge is 2.19. The van der Waals surface area contributed by atoms with Crippen molar-refractivity contribution >= 4 is 17.2 Å². The van der Waals surface area contributed by atoms with E-state index in [4.69, 9.17) is 10.2 Å². The summed E-state index contributed by atoms with van der Waals surface area (Å²) in [4.78, 5) is 15.3. The fraction of sp³-hybridized carbons (Fsp3) is 0.0769. The largest absolute Gasteiger partial charge is 0.476 e. The summed E-state index contributed by atoms with van der Waals surface area (Å²) in [6.07, 6.45) is 1.63. The molecule has 0 spiro atoms. The van der Waals surface area contributed by atoms with E-state index in [0.29, 0.717) is 22.8 Å². The third kappa shape index (κ3) is 1.74. The van der Waals surface area contributed by atoms with Crippen molar-refractivity contribution in [3.63, 3.8) is 0 Å². The molecule has 6 heteroatoms. The van der Waals surface area contributed by atoms with Crippen LogP contribution >= 0.6 is 0 Å². The molecule has 6 nitrogen and oxygen atoms in total. The number of nitrogens with zero attached hydrogens (tertiary/aromatic N) is 2. The van der Waals surface area contributed by atoms with Crippen molar-refractivity contribution in [2.45, 2.75) is 6.92 Å². The van der Waals surface area contributed by atoms with Gasteiger partial charge in [0.05, 0.1) is 5.52 Å². The minimum Gasteiger partial charge on any atom is -0.476 e. The summed E-state index contributed by atoms with van der Waals surface area (Å²) in [6.45, 7) is 1.81. The van der Waals surface area contributed by atoms with Crippen LogP contribution in [0.3, 0.4) is 0 Å². The molecule has 0 bridgehead atoms. The predicted molar refractivity (Wildman–Crippen MR) is 69.0 cm³/mol. The summed E-state index contributed by atoms with van der Waals surface area (Å²) in [5.74, 6) is 0.572. The zero-order valence-electron chi connectivity index (χ0n) is 10.1. The number of nitrogen functional groups attached to an aromatic ring is 1. The molecule has 0 radical (unpaired) electrons. The average molecular weight is 257 g/mol. The monoisotopic (exact) mass is 257 g/mol. The van der Waals surface area contributed by atoms with Crippen molar-refractivity contribution in [1.29, 1.82) is 0 Å². The van der Waals surface area contributed by atoms with Gasteiger partial charge in [0, 0.05) is 11.9 Å². The molecule has 0 amide bonds. The van der Waals surface area contributed by atoms with Gasteiger partial charge in [-0.3, -0.25) is 4.40 Å². The molecule has 3 rings (SSSR count). The van der Waals surface area contributed by atoms with Gasteiger partial charge in [0.15, 0.2) is 17.3 Å². The Hall–Kier alpha value is -2.76. The van der Waals surface area contributed by atoms with E-state index in [9.17, 15) is 9.90 Å². The van der Waals surface area contributed by atoms with Gasteiger partial charge in [-0.15, -0.1) is 0 Å². The first-order valence-electron chi connectivity index (χ1n) is 5.64. The zero-order chi connectivity index (χ0) is 13.6. The first-order valence-corrected chi connectivity index (χ1v) is 5.64. The van der Waals surface area contributed by atoms with Gasteiger partial charge < -0.3 is 15.3 Å². The van der Waals surface area contributed by atoms with Gasteiger partial charge in [-0.2, -0.15) is 0 Å². The number of aromatic carboxylic acids is 1. The lowest BCUT2D eigenvalue weighted by Gasteiger charge is -1.99. The van der Waals surface area contributed by atoms with Crippen LogP contribution in [0.1, 0.15) is 16.2 Å². The second-order valence-corrected chi connectivity index (χ2v) is 4.22. The number of nitrogens with two attached hydrogens (primary N) is 1. The molecular formula is C13H11N3O3. The molecule has 19 heavy (non-hydrogen) atoms. The third-order valence-corrected chi connectivity index (χ3v) is 2.82. The molecule has 0 saturated heterocycles. The number of hydrogen-bond donors (Lipinski definition) is 2. The lowest BCUT2D eigenvalue weighted by Crippen LogP contribution is -1.97. The number of anilines is 1. The van der Waals surface area contributed by atoms with Gasteiger partial charge in [0.2, 0.25) is 0 Å². The van der Waals surface area contributed by atoms with E-state index in [1.165, 1.54) is 0 Å². The Morgan fingerprint density at radius 1 is 1.37 bits per heavy atom. The van der Waals surface area contributed by atoms with Crippen LogP contribution in [-0.4, -0.2) is 20.5 Å². The van der Waals surface area contributed by atoms with Crippen LogP contribution in [-0.2, 0) is 0 Å². The van der Waals surface area contributed by atoms with Crippen molar-refractivity contribution in [3.8, 4) is 11.6 Å². The van der Waals surface area contributed by atoms with Gasteiger partial charge >= 0.3 is 5.97 Å². The third-order valence-electron chi connectivity index (χ3n) is 2.82. The predicted octanol–water partition coefficient (Wildman–Crippen LogP) is 2.18. The van der Waals surface area contributed by atoms with Crippen LogP contribution in [0.25, 0.3) is 17.1 Å². The average Bonchev–Trinajstić information content (AvgIpc) is 2.92. The van der Waals surface area contributed by atoms with E-state index in [0.717, 1.165) is 5.76 Å². The number of aromatic nitrogens is 2. The van der Waals surface area contributed by atoms with E-state index in [1.807, 2.05) is 6.92 Å². The molecule has 0 aliphatic carbocycles. The van der Waals surface area contributed by atoms with Crippen LogP contribution in [0.2, 0.25) is 0 Å². The highest BCUT2D eigenvalue weighted by atomic mass is 16.4. The zero-order valence-corrected chi connectivity index (χ0v) is 10.1. The van der Waals surface area contributed by atoms with E-state index < -0.39 is 5.97 Å². The molecule has 0 saturated carbocycles. The Kier molecular flexibility index (Phi) is 2.31. The van der Waals surface area contributed by atoms with Crippen LogP contribution < -0.4 is 5.73 Å². The highest BCUT2D eigenvalue weighted by molar-refractivity contribution is 5.95. The standard InChI is InChI=1S/C13H11N3O3/c1-7-2-5-10(19-7)12-15-11(13(17)18)9-4-3-8(14)6-16(9)12/h2-6H,14H2,1H3,(H,17,18). The number of carbonyl (C=O) groups is 1. The van der Waals surface area contributed by atoms with Gasteiger partial charge in [-0.05, 0) is 31.2 Å². The van der Waals surface area contributed by atoms with Crippen LogP contribution in [0.4, 0.5) is 5.69 Å². The summed E-state index contributed by atoms with van der Waals surface area (Å²) in [5.41, 5.74) is 6.71. The van der Waals surface area contributed by atoms with Crippen molar-refractivity contribution in [1.82, 2.24) is 9.38 Å². The Balaban J connectivity index is 2.35. The molecule has 0 unspecified atom stereocenters. The molecule has 0 aliphatic heterocycles. The number of imidazole rings is 1. The fourth-order valence-corrected chi connectivity index (χ4v) is 1.99. The van der Waals surface area contributed by atoms with Crippen molar-refractivity contribution in [2.75, 3.05) is 5.73 Å². The molecule has 96 valence electrons. The van der Waals surface area contributed by atoms with Crippen molar-refractivity contribution in [2.24, 2.45) is 0 Å². The Labute approximate surface area is 108 Å². The van der Waals surface area contributed by atoms with E-state index in [1.54, 1.807) is 34.9 Å². The normalized spacial score (nSPS) is 11.0. The maximum Gasteiger partial charge on any atom is 0.356 e. The molecule has 0 aliphatic rings. The SMILES string of the molecule is Cc1ccc(-c2nc(C(=O)O)c3ccc(N)cn23)o1. The van der Waals surface area contributed by atoms with Gasteiger partial charge in [-0.1, -0.05) is 0 Å². The number of pyridine rings is 1. The molecule has 3 heterocycles. The Morgan fingerprint density at radius 3 is 2.79 bits per heavy atom. The highest BCUT2D eigenvalue weighted by Crippen LogP contribution is 2.25. The first kappa shape index (κ1) is 11.3. The molecule has 0 aromatic carbocycles. The lowest BCUT2D eigenvalue weighted by molar-refractivity contribution is 0.0693. The summed E-state index contributed by atoms with van der Waals surface area (Å²) < 4.78 is 7.12. The second kappa shape index (κ2) is 3.88. The molecule has 0 atom stereocenters. The van der Waals surface area contributed by atoms with Gasteiger partial charge in [0.1, 0.15) is 5.76 Å². The number of aryl methyl sites for hydroxylation is 1. The van der Waals surface area contributed by atoms with Crippen molar-refractivity contribution < 1.29 is 14.3 Å². The van der Waals surface area contributed by atoms with Crippen molar-refractivity contribution in [3.05, 3.63) is 41.9 Å². The second-order valence-electron chi connectivity index (χ2n) is 4.22. The Morgan fingerprint density at radius 2 is 2.16 bits per heavy atom. The number of furan rings is 1. The summed E-state index contributed by atoms with van der Waals surface area (Å²) >= 11 is 0. The first-order chi connectivity index (χ1) is 9.06. The number of carboxylic acid groups (broad SMARTS) is 1. The smallest absolute Gasteiger partial charge is 0.356 e. The summed E-state index contributed by atoms with van der Waals surface area (Å²) in [6, 6.07) is 6.81. The quantitative estimate of drug-likeness (QED) is 0.733. The molecule has 3 N–H and O–H groups in total. The summed E-state index contributed by atoms with van der Waals surface area (Å²) in [5, 5.41) is 9.18. The van der Waals surface area contributed by atoms with Crippen LogP contribution in [0.15, 0.2) is 34.9 Å². The maximum absolute atomic E-state index is 11.2. The molecule has 0 fully saturated rings. The maximum atomic E-state index is 11.2. The summed E-state index contributed by atoms with van der Waals surface area (Å²) in [7, 11) is 0. The van der Waals surface area contributed by atoms with Crippen LogP contribution in [0, 0.1) is 6.92 Å². The van der Waals surface area contributed by atoms with Gasteiger partial charge in [0.25, 0.3) is 0 Å². The topological polar surface area (TPSA) is 93.8 Å². The number of carboxylic acids is 1. The Bertz CT molecular complexity index is 786. The lowest BCUT2D eigenvalue weighted by atomic mass is 10.3. The number of hydrogen-bond acceptors (Lipinski definition) is 4. The number of rotatable bonds is 2. The van der Waals surface area contributed by atoms with Crippen LogP contribution in [0.5, 0.6) is 0 Å². The van der Waals surface area contributed by atoms with Gasteiger partial charge in [-0.25, -0.2) is 9.78 Å². The number of fused-ring (bicyclic) bond motifs is 1. The minimum absolute atomic E-state index is 0.0240. The van der Waals surface area contributed by atoms with E-state index in [2.05, 4.69) is 4.98 Å². The van der Waals surface area contributed by atoms with E-state index >= 15 is 0 Å². The van der Waals surface area contributed by atoms with E-state index in [-0.39, 0.29) is 5.69 Å². The molecular weight excluding hydrogens is 246 g/mol. The minimum atomic E-state index is -1.09.